The fraction of sp³-hybridized carbons (Fsp3) is 0.419. The van der Waals surface area contributed by atoms with Crippen molar-refractivity contribution in [3.8, 4) is 11.5 Å². The first-order valence-corrected chi connectivity index (χ1v) is 14.5. The molecular formula is C31H38Cl2N2O4. The summed E-state index contributed by atoms with van der Waals surface area (Å²) < 4.78 is 5.29. The Morgan fingerprint density at radius 3 is 2.21 bits per heavy atom. The van der Waals surface area contributed by atoms with E-state index in [0.29, 0.717) is 39.5 Å². The van der Waals surface area contributed by atoms with E-state index in [2.05, 4.69) is 12.2 Å². The van der Waals surface area contributed by atoms with Gasteiger partial charge in [-0.1, -0.05) is 94.5 Å². The number of rotatable bonds is 15. The minimum absolute atomic E-state index is 0.0834. The molecule has 0 unspecified atom stereocenters. The number of phenols is 1. The van der Waals surface area contributed by atoms with Gasteiger partial charge in [-0.2, -0.15) is 0 Å². The lowest BCUT2D eigenvalue weighted by Crippen LogP contribution is -2.27. The number of carbonyl (C=O) groups is 2. The summed E-state index contributed by atoms with van der Waals surface area (Å²) in [6.45, 7) is 2.71. The second-order valence-electron chi connectivity index (χ2n) is 9.72. The van der Waals surface area contributed by atoms with E-state index >= 15 is 0 Å². The largest absolute Gasteiger partial charge is 0.506 e. The molecular weight excluding hydrogens is 535 g/mol. The summed E-state index contributed by atoms with van der Waals surface area (Å²) in [7, 11) is 1.49. The molecule has 0 fully saturated rings. The number of phenolic OH excluding ortho intramolecular Hbond substituents is 1. The normalized spacial score (nSPS) is 11.0. The average Bonchev–Trinajstić information content (AvgIpc) is 2.92. The van der Waals surface area contributed by atoms with E-state index in [1.807, 2.05) is 0 Å². The van der Waals surface area contributed by atoms with Crippen molar-refractivity contribution >= 4 is 56.6 Å². The van der Waals surface area contributed by atoms with Gasteiger partial charge in [-0.15, -0.1) is 0 Å². The smallest absolute Gasteiger partial charge is 0.320 e. The number of unbranched alkanes of at least 4 members (excludes halogenated alkanes) is 9. The molecule has 3 aromatic carbocycles. The Morgan fingerprint density at radius 2 is 1.56 bits per heavy atom. The van der Waals surface area contributed by atoms with E-state index in [1.54, 1.807) is 42.5 Å². The second kappa shape index (κ2) is 15.6. The molecule has 0 aliphatic rings. The molecule has 2 amide bonds. The van der Waals surface area contributed by atoms with E-state index < -0.39 is 11.3 Å². The van der Waals surface area contributed by atoms with Crippen LogP contribution in [0.25, 0.3) is 10.8 Å². The van der Waals surface area contributed by atoms with Gasteiger partial charge in [-0.3, -0.25) is 14.5 Å². The minimum atomic E-state index is -0.576. The third kappa shape index (κ3) is 8.51. The van der Waals surface area contributed by atoms with Crippen LogP contribution in [-0.2, 0) is 0 Å². The molecule has 39 heavy (non-hydrogen) atoms. The number of hydrogen-bond acceptors (Lipinski definition) is 4. The molecule has 8 heteroatoms. The summed E-state index contributed by atoms with van der Waals surface area (Å²) >= 11 is 12.1. The molecule has 0 bridgehead atoms. The molecule has 3 rings (SSSR count). The minimum Gasteiger partial charge on any atom is -0.506 e. The third-order valence-electron chi connectivity index (χ3n) is 6.90. The monoisotopic (exact) mass is 572 g/mol. The van der Waals surface area contributed by atoms with Crippen LogP contribution in [0.5, 0.6) is 11.5 Å². The molecule has 0 radical (unpaired) electrons. The van der Waals surface area contributed by atoms with Crippen LogP contribution in [-0.4, -0.2) is 30.0 Å². The molecule has 0 atom stereocenters. The summed E-state index contributed by atoms with van der Waals surface area (Å²) in [5.41, 5.74) is 1.07. The van der Waals surface area contributed by atoms with Gasteiger partial charge in [-0.05, 0) is 48.4 Å². The zero-order chi connectivity index (χ0) is 28.2. The number of amides is 2. The number of fused-ring (bicyclic) bond motifs is 1. The molecule has 0 aliphatic carbocycles. The second-order valence-corrected chi connectivity index (χ2v) is 10.5. The molecule has 0 saturated heterocycles. The van der Waals surface area contributed by atoms with Crippen LogP contribution in [0.1, 0.15) is 81.5 Å². The Hall–Kier alpha value is -2.96. The summed E-state index contributed by atoms with van der Waals surface area (Å²) in [6, 6.07) is 13.4. The van der Waals surface area contributed by atoms with Crippen LogP contribution in [0.4, 0.5) is 16.2 Å². The Balaban J connectivity index is 1.69. The van der Waals surface area contributed by atoms with Gasteiger partial charge >= 0.3 is 5.37 Å². The Bertz CT molecular complexity index is 1260. The summed E-state index contributed by atoms with van der Waals surface area (Å²) in [5, 5.41) is 14.7. The summed E-state index contributed by atoms with van der Waals surface area (Å²) in [4.78, 5) is 26.9. The highest BCUT2D eigenvalue weighted by molar-refractivity contribution is 6.66. The van der Waals surface area contributed by atoms with Crippen LogP contribution < -0.4 is 15.0 Å². The first-order chi connectivity index (χ1) is 18.9. The SMILES string of the molecule is CCCCCCCCCCCCN(C(=O)Cl)c1cccc2c(O)c(C(=O)Nc3cc(Cl)ccc3OC)ccc12. The maximum Gasteiger partial charge on any atom is 0.320 e. The van der Waals surface area contributed by atoms with Gasteiger partial charge in [0.2, 0.25) is 0 Å². The van der Waals surface area contributed by atoms with Crippen molar-refractivity contribution in [3.63, 3.8) is 0 Å². The van der Waals surface area contributed by atoms with Gasteiger partial charge in [0.25, 0.3) is 5.91 Å². The molecule has 6 nitrogen and oxygen atoms in total. The van der Waals surface area contributed by atoms with Gasteiger partial charge in [-0.25, -0.2) is 0 Å². The van der Waals surface area contributed by atoms with Crippen molar-refractivity contribution in [3.05, 3.63) is 59.1 Å². The first kappa shape index (κ1) is 30.6. The van der Waals surface area contributed by atoms with Crippen LogP contribution in [0.15, 0.2) is 48.5 Å². The quantitative estimate of drug-likeness (QED) is 0.108. The predicted molar refractivity (Wildman–Crippen MR) is 162 cm³/mol. The number of methoxy groups -OCH3 is 1. The molecule has 2 N–H and O–H groups in total. The average molecular weight is 574 g/mol. The fourth-order valence-electron chi connectivity index (χ4n) is 4.77. The maximum atomic E-state index is 13.0. The van der Waals surface area contributed by atoms with E-state index in [9.17, 15) is 14.7 Å². The number of halogens is 2. The van der Waals surface area contributed by atoms with E-state index in [0.717, 1.165) is 19.3 Å². The summed E-state index contributed by atoms with van der Waals surface area (Å²) in [6.07, 6.45) is 12.0. The van der Waals surface area contributed by atoms with Gasteiger partial charge in [0.15, 0.2) is 0 Å². The van der Waals surface area contributed by atoms with Gasteiger partial charge in [0.1, 0.15) is 11.5 Å². The van der Waals surface area contributed by atoms with E-state index in [-0.39, 0.29) is 11.3 Å². The maximum absolute atomic E-state index is 13.0. The number of ether oxygens (including phenoxy) is 1. The molecule has 0 saturated carbocycles. The number of aromatic hydroxyl groups is 1. The van der Waals surface area contributed by atoms with Crippen LogP contribution in [0, 0.1) is 0 Å². The lowest BCUT2D eigenvalue weighted by atomic mass is 10.0. The number of carbonyl (C=O) groups excluding carboxylic acids is 2. The van der Waals surface area contributed by atoms with Crippen molar-refractivity contribution < 1.29 is 19.4 Å². The van der Waals surface area contributed by atoms with Crippen molar-refractivity contribution in [1.29, 1.82) is 0 Å². The highest BCUT2D eigenvalue weighted by atomic mass is 35.5. The Kier molecular flexibility index (Phi) is 12.2. The number of nitrogens with one attached hydrogen (secondary N) is 1. The predicted octanol–water partition coefficient (Wildman–Crippen LogP) is 9.55. The fourth-order valence-corrected chi connectivity index (χ4v) is 5.12. The van der Waals surface area contributed by atoms with Crippen LogP contribution >= 0.6 is 23.2 Å². The number of hydrogen-bond donors (Lipinski definition) is 2. The van der Waals surface area contributed by atoms with Crippen molar-refractivity contribution in [2.75, 3.05) is 23.9 Å². The van der Waals surface area contributed by atoms with Crippen molar-refractivity contribution in [1.82, 2.24) is 0 Å². The lowest BCUT2D eigenvalue weighted by Gasteiger charge is -2.22. The van der Waals surface area contributed by atoms with E-state index in [1.165, 1.54) is 63.0 Å². The molecule has 210 valence electrons. The summed E-state index contributed by atoms with van der Waals surface area (Å²) in [5.74, 6) is -0.261. The highest BCUT2D eigenvalue weighted by Crippen LogP contribution is 2.36. The standard InChI is InChI=1S/C31H38Cl2N2O4/c1-3-4-5-6-7-8-9-10-11-12-20-35(31(33)38)27-15-13-14-24-23(27)17-18-25(29(24)36)30(37)34-26-21-22(32)16-19-28(26)39-2/h13-19,21,36H,3-12,20H2,1-2H3,(H,34,37). The highest BCUT2D eigenvalue weighted by Gasteiger charge is 2.20. The first-order valence-electron chi connectivity index (χ1n) is 13.7. The van der Waals surface area contributed by atoms with Crippen LogP contribution in [0.2, 0.25) is 5.02 Å². The topological polar surface area (TPSA) is 78.9 Å². The van der Waals surface area contributed by atoms with E-state index in [4.69, 9.17) is 27.9 Å². The van der Waals surface area contributed by atoms with Crippen molar-refractivity contribution in [2.24, 2.45) is 0 Å². The molecule has 0 spiro atoms. The zero-order valence-corrected chi connectivity index (χ0v) is 24.3. The third-order valence-corrected chi connectivity index (χ3v) is 7.34. The Morgan fingerprint density at radius 1 is 0.897 bits per heavy atom. The Labute approximate surface area is 241 Å². The zero-order valence-electron chi connectivity index (χ0n) is 22.8. The van der Waals surface area contributed by atoms with Gasteiger partial charge in [0, 0.05) is 22.3 Å². The number of nitrogens with zero attached hydrogens (tertiary/aromatic N) is 1. The van der Waals surface area contributed by atoms with Gasteiger partial charge < -0.3 is 15.2 Å². The molecule has 3 aromatic rings. The molecule has 0 aliphatic heterocycles. The van der Waals surface area contributed by atoms with Gasteiger partial charge in [0.05, 0.1) is 24.0 Å². The molecule has 0 aromatic heterocycles. The number of anilines is 2. The lowest BCUT2D eigenvalue weighted by molar-refractivity contribution is 0.102. The van der Waals surface area contributed by atoms with Crippen molar-refractivity contribution in [2.45, 2.75) is 71.1 Å². The number of benzene rings is 3. The van der Waals surface area contributed by atoms with Crippen LogP contribution in [0.3, 0.4) is 0 Å². The molecule has 0 heterocycles.